The highest BCUT2D eigenvalue weighted by Crippen LogP contribution is 2.32. The van der Waals surface area contributed by atoms with Gasteiger partial charge >= 0.3 is 0 Å². The van der Waals surface area contributed by atoms with Crippen LogP contribution in [0.5, 0.6) is 11.5 Å². The maximum absolute atomic E-state index is 12.1. The van der Waals surface area contributed by atoms with Crippen molar-refractivity contribution in [3.63, 3.8) is 0 Å². The molecule has 0 saturated carbocycles. The minimum atomic E-state index is -0.422. The second-order valence-corrected chi connectivity index (χ2v) is 5.27. The summed E-state index contributed by atoms with van der Waals surface area (Å²) >= 11 is 0. The topological polar surface area (TPSA) is 76.7 Å². The van der Waals surface area contributed by atoms with Crippen LogP contribution < -0.4 is 20.1 Å². The Morgan fingerprint density at radius 3 is 3.05 bits per heavy atom. The second-order valence-electron chi connectivity index (χ2n) is 5.27. The number of fused-ring (bicyclic) bond motifs is 1. The van der Waals surface area contributed by atoms with Crippen molar-refractivity contribution in [2.75, 3.05) is 6.79 Å². The fourth-order valence-electron chi connectivity index (χ4n) is 2.53. The van der Waals surface area contributed by atoms with Gasteiger partial charge in [0.1, 0.15) is 6.04 Å². The molecular weight excluding hydrogens is 272 g/mol. The Balaban J connectivity index is 1.56. The van der Waals surface area contributed by atoms with E-state index < -0.39 is 6.04 Å². The van der Waals surface area contributed by atoms with Crippen LogP contribution in [-0.2, 0) is 16.1 Å². The van der Waals surface area contributed by atoms with Crippen LogP contribution in [0, 0.1) is 0 Å². The maximum atomic E-state index is 12.1. The zero-order valence-electron chi connectivity index (χ0n) is 11.7. The highest BCUT2D eigenvalue weighted by molar-refractivity contribution is 5.87. The fraction of sp³-hybridized carbons (Fsp3) is 0.467. The first-order valence-corrected chi connectivity index (χ1v) is 7.18. The average Bonchev–Trinajstić information content (AvgIpc) is 2.84. The zero-order chi connectivity index (χ0) is 14.7. The largest absolute Gasteiger partial charge is 0.454 e. The molecule has 112 valence electrons. The molecule has 3 rings (SSSR count). The van der Waals surface area contributed by atoms with Gasteiger partial charge in [0.15, 0.2) is 11.5 Å². The molecule has 1 aromatic carbocycles. The van der Waals surface area contributed by atoms with Crippen molar-refractivity contribution in [3.8, 4) is 11.5 Å². The van der Waals surface area contributed by atoms with E-state index in [0.717, 1.165) is 24.2 Å². The Bertz CT molecular complexity index is 559. The minimum absolute atomic E-state index is 0.0456. The van der Waals surface area contributed by atoms with Crippen molar-refractivity contribution in [2.45, 2.75) is 38.3 Å². The minimum Gasteiger partial charge on any atom is -0.454 e. The molecule has 0 spiro atoms. The van der Waals surface area contributed by atoms with E-state index in [2.05, 4.69) is 10.6 Å². The first-order chi connectivity index (χ1) is 10.2. The summed E-state index contributed by atoms with van der Waals surface area (Å²) in [6.07, 6.45) is 2.93. The highest BCUT2D eigenvalue weighted by Gasteiger charge is 2.23. The molecule has 1 atom stereocenters. The van der Waals surface area contributed by atoms with Crippen LogP contribution >= 0.6 is 0 Å². The lowest BCUT2D eigenvalue weighted by atomic mass is 10.1. The van der Waals surface area contributed by atoms with E-state index in [0.29, 0.717) is 25.1 Å². The van der Waals surface area contributed by atoms with Crippen molar-refractivity contribution >= 4 is 11.8 Å². The Kier molecular flexibility index (Phi) is 3.94. The molecule has 6 heteroatoms. The number of amides is 2. The van der Waals surface area contributed by atoms with Crippen molar-refractivity contribution < 1.29 is 19.1 Å². The number of rotatable bonds is 3. The molecule has 6 nitrogen and oxygen atoms in total. The monoisotopic (exact) mass is 290 g/mol. The summed E-state index contributed by atoms with van der Waals surface area (Å²) in [5, 5.41) is 5.62. The van der Waals surface area contributed by atoms with Crippen LogP contribution in [-0.4, -0.2) is 24.6 Å². The molecular formula is C15H18N2O4. The standard InChI is InChI=1S/C15H18N2O4/c18-14-4-2-1-3-11(17-14)15(19)16-8-10-5-6-12-13(7-10)21-9-20-12/h5-7,11H,1-4,8-9H2,(H,16,19)(H,17,18). The van der Waals surface area contributed by atoms with E-state index in [1.807, 2.05) is 18.2 Å². The van der Waals surface area contributed by atoms with Crippen molar-refractivity contribution in [1.29, 1.82) is 0 Å². The van der Waals surface area contributed by atoms with Crippen molar-refractivity contribution in [1.82, 2.24) is 10.6 Å². The number of nitrogens with one attached hydrogen (secondary N) is 2. The van der Waals surface area contributed by atoms with Crippen LogP contribution in [0.25, 0.3) is 0 Å². The van der Waals surface area contributed by atoms with Crippen LogP contribution in [0.1, 0.15) is 31.2 Å². The number of carbonyl (C=O) groups excluding carboxylic acids is 2. The van der Waals surface area contributed by atoms with E-state index in [9.17, 15) is 9.59 Å². The second kappa shape index (κ2) is 6.03. The first kappa shape index (κ1) is 13.7. The van der Waals surface area contributed by atoms with E-state index >= 15 is 0 Å². The molecule has 2 N–H and O–H groups in total. The maximum Gasteiger partial charge on any atom is 0.242 e. The Morgan fingerprint density at radius 2 is 2.14 bits per heavy atom. The third kappa shape index (κ3) is 3.26. The van der Waals surface area contributed by atoms with Gasteiger partial charge in [-0.2, -0.15) is 0 Å². The van der Waals surface area contributed by atoms with Gasteiger partial charge in [0.2, 0.25) is 18.6 Å². The van der Waals surface area contributed by atoms with Gasteiger partial charge in [-0.15, -0.1) is 0 Å². The summed E-state index contributed by atoms with van der Waals surface area (Å²) < 4.78 is 10.5. The quantitative estimate of drug-likeness (QED) is 0.873. The smallest absolute Gasteiger partial charge is 0.242 e. The summed E-state index contributed by atoms with van der Waals surface area (Å²) in [6, 6.07) is 5.15. The van der Waals surface area contributed by atoms with Crippen LogP contribution in [0.4, 0.5) is 0 Å². The third-order valence-electron chi connectivity index (χ3n) is 3.70. The molecule has 1 saturated heterocycles. The molecule has 0 radical (unpaired) electrons. The molecule has 2 amide bonds. The molecule has 21 heavy (non-hydrogen) atoms. The van der Waals surface area contributed by atoms with Gasteiger partial charge in [-0.1, -0.05) is 12.5 Å². The SMILES string of the molecule is O=C1CCCCC(C(=O)NCc2ccc3c(c2)OCO3)N1. The van der Waals surface area contributed by atoms with E-state index in [1.54, 1.807) is 0 Å². The molecule has 1 aromatic rings. The van der Waals surface area contributed by atoms with Gasteiger partial charge in [0.25, 0.3) is 0 Å². The lowest BCUT2D eigenvalue weighted by Crippen LogP contribution is -2.45. The van der Waals surface area contributed by atoms with Gasteiger partial charge in [0, 0.05) is 13.0 Å². The van der Waals surface area contributed by atoms with E-state index in [-0.39, 0.29) is 18.6 Å². The van der Waals surface area contributed by atoms with Gasteiger partial charge in [-0.05, 0) is 30.5 Å². The van der Waals surface area contributed by atoms with Crippen molar-refractivity contribution in [3.05, 3.63) is 23.8 Å². The summed E-state index contributed by atoms with van der Waals surface area (Å²) in [5.41, 5.74) is 0.938. The molecule has 2 aliphatic rings. The predicted molar refractivity (Wildman–Crippen MR) is 74.8 cm³/mol. The first-order valence-electron chi connectivity index (χ1n) is 7.18. The Labute approximate surface area is 122 Å². The Morgan fingerprint density at radius 1 is 1.29 bits per heavy atom. The van der Waals surface area contributed by atoms with Crippen LogP contribution in [0.15, 0.2) is 18.2 Å². The van der Waals surface area contributed by atoms with Gasteiger partial charge in [-0.3, -0.25) is 9.59 Å². The lowest BCUT2D eigenvalue weighted by molar-refractivity contribution is -0.128. The number of benzene rings is 1. The van der Waals surface area contributed by atoms with E-state index in [1.165, 1.54) is 0 Å². The van der Waals surface area contributed by atoms with E-state index in [4.69, 9.17) is 9.47 Å². The summed E-state index contributed by atoms with van der Waals surface area (Å²) in [7, 11) is 0. The molecule has 2 aliphatic heterocycles. The van der Waals surface area contributed by atoms with Gasteiger partial charge < -0.3 is 20.1 Å². The average molecular weight is 290 g/mol. The summed E-state index contributed by atoms with van der Waals surface area (Å²) in [5.74, 6) is 1.24. The van der Waals surface area contributed by atoms with Crippen molar-refractivity contribution in [2.24, 2.45) is 0 Å². The molecule has 0 bridgehead atoms. The Hall–Kier alpha value is -2.24. The highest BCUT2D eigenvalue weighted by atomic mass is 16.7. The van der Waals surface area contributed by atoms with Crippen LogP contribution in [0.3, 0.4) is 0 Å². The predicted octanol–water partition coefficient (Wildman–Crippen LogP) is 1.09. The molecule has 0 aliphatic carbocycles. The normalized spacial score (nSPS) is 20.6. The van der Waals surface area contributed by atoms with Gasteiger partial charge in [-0.25, -0.2) is 0 Å². The van der Waals surface area contributed by atoms with Gasteiger partial charge in [0.05, 0.1) is 0 Å². The molecule has 2 heterocycles. The number of hydrogen-bond acceptors (Lipinski definition) is 4. The zero-order valence-corrected chi connectivity index (χ0v) is 11.7. The number of ether oxygens (including phenoxy) is 2. The summed E-state index contributed by atoms with van der Waals surface area (Å²) in [6.45, 7) is 0.640. The molecule has 0 aromatic heterocycles. The lowest BCUT2D eigenvalue weighted by Gasteiger charge is -2.15. The number of hydrogen-bond donors (Lipinski definition) is 2. The van der Waals surface area contributed by atoms with Crippen LogP contribution in [0.2, 0.25) is 0 Å². The number of carbonyl (C=O) groups is 2. The molecule has 1 fully saturated rings. The summed E-state index contributed by atoms with van der Waals surface area (Å²) in [4.78, 5) is 23.6. The molecule has 1 unspecified atom stereocenters. The third-order valence-corrected chi connectivity index (χ3v) is 3.70. The fourth-order valence-corrected chi connectivity index (χ4v) is 2.53.